The number of ketones is 1. The molecule has 1 aliphatic heterocycles. The maximum Gasteiger partial charge on any atom is 0.297 e. The molecule has 0 spiro atoms. The molecule has 0 atom stereocenters. The first kappa shape index (κ1) is 9.61. The monoisotopic (exact) mass is 277 g/mol. The van der Waals surface area contributed by atoms with Crippen molar-refractivity contribution >= 4 is 44.9 Å². The van der Waals surface area contributed by atoms with Crippen molar-refractivity contribution in [2.45, 2.75) is 0 Å². The number of rotatable bonds is 0. The Labute approximate surface area is 91.4 Å². The van der Waals surface area contributed by atoms with Crippen molar-refractivity contribution in [2.75, 3.05) is 5.32 Å². The molecule has 1 aromatic rings. The number of nitrogens with one attached hydrogen (secondary N) is 1. The van der Waals surface area contributed by atoms with Crippen LogP contribution in [0.1, 0.15) is 10.4 Å². The number of benzene rings is 1. The van der Waals surface area contributed by atoms with Crippen LogP contribution in [0.4, 0.5) is 10.1 Å². The second-order valence-corrected chi connectivity index (χ2v) is 3.95. The number of carbonyl (C=O) groups excluding carboxylic acids is 2. The van der Waals surface area contributed by atoms with Crippen LogP contribution in [0.5, 0.6) is 0 Å². The first-order valence-corrected chi connectivity index (χ1v) is 4.72. The lowest BCUT2D eigenvalue weighted by Gasteiger charge is -2.02. The van der Waals surface area contributed by atoms with E-state index in [9.17, 15) is 14.0 Å². The minimum Gasteiger partial charge on any atom is -0.317 e. The van der Waals surface area contributed by atoms with Crippen LogP contribution in [0.2, 0.25) is 5.02 Å². The number of carbonyl (C=O) groups is 2. The molecule has 0 fully saturated rings. The van der Waals surface area contributed by atoms with Gasteiger partial charge in [-0.25, -0.2) is 4.39 Å². The number of Topliss-reactive ketones (excluding diaryl/α,β-unsaturated/α-hetero) is 1. The number of anilines is 1. The molecule has 0 unspecified atom stereocenters. The Morgan fingerprint density at radius 3 is 2.71 bits per heavy atom. The Balaban J connectivity index is 2.80. The maximum atomic E-state index is 13.3. The zero-order valence-electron chi connectivity index (χ0n) is 6.53. The average molecular weight is 278 g/mol. The lowest BCUT2D eigenvalue weighted by atomic mass is 10.1. The van der Waals surface area contributed by atoms with Crippen molar-refractivity contribution < 1.29 is 14.0 Å². The highest BCUT2D eigenvalue weighted by molar-refractivity contribution is 9.10. The Kier molecular flexibility index (Phi) is 2.08. The molecule has 1 aliphatic rings. The van der Waals surface area contributed by atoms with Crippen LogP contribution in [0, 0.1) is 5.82 Å². The van der Waals surface area contributed by atoms with E-state index in [1.807, 2.05) is 0 Å². The predicted octanol–water partition coefficient (Wildman–Crippen LogP) is 2.38. The van der Waals surface area contributed by atoms with E-state index in [0.29, 0.717) is 4.47 Å². The van der Waals surface area contributed by atoms with Crippen molar-refractivity contribution in [2.24, 2.45) is 0 Å². The molecule has 6 heteroatoms. The molecular formula is C8H2BrClFNO2. The van der Waals surface area contributed by atoms with E-state index < -0.39 is 17.5 Å². The Hall–Kier alpha value is -0.940. The Morgan fingerprint density at radius 2 is 2.07 bits per heavy atom. The molecule has 1 heterocycles. The average Bonchev–Trinajstić information content (AvgIpc) is 2.41. The minimum atomic E-state index is -0.902. The van der Waals surface area contributed by atoms with E-state index in [1.165, 1.54) is 6.07 Å². The number of fused-ring (bicyclic) bond motifs is 1. The molecule has 0 bridgehead atoms. The highest BCUT2D eigenvalue weighted by Gasteiger charge is 2.34. The van der Waals surface area contributed by atoms with Gasteiger partial charge in [-0.15, -0.1) is 0 Å². The summed E-state index contributed by atoms with van der Waals surface area (Å²) < 4.78 is 13.7. The molecular weight excluding hydrogens is 276 g/mol. The lowest BCUT2D eigenvalue weighted by Crippen LogP contribution is -2.13. The summed E-state index contributed by atoms with van der Waals surface area (Å²) in [6.45, 7) is 0. The van der Waals surface area contributed by atoms with Crippen molar-refractivity contribution in [3.63, 3.8) is 0 Å². The zero-order valence-corrected chi connectivity index (χ0v) is 8.87. The van der Waals surface area contributed by atoms with E-state index in [2.05, 4.69) is 21.2 Å². The first-order valence-electron chi connectivity index (χ1n) is 3.55. The summed E-state index contributed by atoms with van der Waals surface area (Å²) in [5.41, 5.74) is -0.156. The molecule has 3 nitrogen and oxygen atoms in total. The molecule has 1 amide bonds. The maximum absolute atomic E-state index is 13.3. The second kappa shape index (κ2) is 3.03. The molecule has 2 rings (SSSR count). The number of hydrogen-bond donors (Lipinski definition) is 1. The largest absolute Gasteiger partial charge is 0.317 e. The normalized spacial score (nSPS) is 14.2. The van der Waals surface area contributed by atoms with Gasteiger partial charge in [0.05, 0.1) is 16.3 Å². The summed E-state index contributed by atoms with van der Waals surface area (Å²) >= 11 is 8.58. The van der Waals surface area contributed by atoms with Gasteiger partial charge in [0, 0.05) is 4.47 Å². The fraction of sp³-hybridized carbons (Fsp3) is 0. The third-order valence-electron chi connectivity index (χ3n) is 1.84. The molecule has 0 saturated heterocycles. The van der Waals surface area contributed by atoms with Crippen LogP contribution >= 0.6 is 27.5 Å². The quantitative estimate of drug-likeness (QED) is 0.585. The van der Waals surface area contributed by atoms with Gasteiger partial charge >= 0.3 is 0 Å². The number of halogens is 3. The SMILES string of the molecule is O=C1Nc2c(Br)cc(Cl)c(F)c2C1=O. The summed E-state index contributed by atoms with van der Waals surface area (Å²) in [5.74, 6) is -2.62. The summed E-state index contributed by atoms with van der Waals surface area (Å²) in [6.07, 6.45) is 0. The third kappa shape index (κ3) is 1.16. The van der Waals surface area contributed by atoms with Gasteiger partial charge in [-0.3, -0.25) is 9.59 Å². The van der Waals surface area contributed by atoms with E-state index >= 15 is 0 Å². The summed E-state index contributed by atoms with van der Waals surface area (Å²) in [7, 11) is 0. The van der Waals surface area contributed by atoms with Crippen molar-refractivity contribution in [1.29, 1.82) is 0 Å². The highest BCUT2D eigenvalue weighted by Crippen LogP contribution is 2.36. The number of amides is 1. The molecule has 0 saturated carbocycles. The smallest absolute Gasteiger partial charge is 0.297 e. The van der Waals surface area contributed by atoms with E-state index in [1.54, 1.807) is 0 Å². The van der Waals surface area contributed by atoms with Gasteiger partial charge in [0.1, 0.15) is 0 Å². The molecule has 0 aliphatic carbocycles. The second-order valence-electron chi connectivity index (χ2n) is 2.69. The van der Waals surface area contributed by atoms with Crippen molar-refractivity contribution in [3.8, 4) is 0 Å². The van der Waals surface area contributed by atoms with Crippen LogP contribution < -0.4 is 5.32 Å². The zero-order chi connectivity index (χ0) is 10.5. The first-order chi connectivity index (χ1) is 6.52. The molecule has 14 heavy (non-hydrogen) atoms. The lowest BCUT2D eigenvalue weighted by molar-refractivity contribution is -0.112. The third-order valence-corrected chi connectivity index (χ3v) is 2.74. The minimum absolute atomic E-state index is 0.141. The molecule has 0 aromatic heterocycles. The fourth-order valence-corrected chi connectivity index (χ4v) is 2.08. The Morgan fingerprint density at radius 1 is 1.43 bits per heavy atom. The molecule has 0 radical (unpaired) electrons. The standard InChI is InChI=1S/C8H2BrClFNO2/c9-2-1-3(10)5(11)4-6(2)12-8(14)7(4)13/h1H,(H,12,13,14). The summed E-state index contributed by atoms with van der Waals surface area (Å²) in [5, 5.41) is 2.06. The van der Waals surface area contributed by atoms with Crippen molar-refractivity contribution in [1.82, 2.24) is 0 Å². The van der Waals surface area contributed by atoms with Gasteiger partial charge in [0.15, 0.2) is 5.82 Å². The van der Waals surface area contributed by atoms with Gasteiger partial charge in [0.25, 0.3) is 11.7 Å². The van der Waals surface area contributed by atoms with E-state index in [4.69, 9.17) is 11.6 Å². The van der Waals surface area contributed by atoms with Crippen LogP contribution in [0.15, 0.2) is 10.5 Å². The van der Waals surface area contributed by atoms with Gasteiger partial charge in [0.2, 0.25) is 0 Å². The van der Waals surface area contributed by atoms with Gasteiger partial charge in [-0.05, 0) is 22.0 Å². The fourth-order valence-electron chi connectivity index (χ4n) is 1.21. The van der Waals surface area contributed by atoms with Crippen LogP contribution in [0.25, 0.3) is 0 Å². The van der Waals surface area contributed by atoms with Gasteiger partial charge in [-0.2, -0.15) is 0 Å². The predicted molar refractivity (Wildman–Crippen MR) is 52.1 cm³/mol. The Bertz CT molecular complexity index is 475. The number of hydrogen-bond acceptors (Lipinski definition) is 2. The van der Waals surface area contributed by atoms with Gasteiger partial charge < -0.3 is 5.32 Å². The van der Waals surface area contributed by atoms with E-state index in [0.717, 1.165) is 0 Å². The molecule has 1 N–H and O–H groups in total. The van der Waals surface area contributed by atoms with Crippen LogP contribution in [-0.4, -0.2) is 11.7 Å². The molecule has 1 aromatic carbocycles. The van der Waals surface area contributed by atoms with Gasteiger partial charge in [-0.1, -0.05) is 11.6 Å². The van der Waals surface area contributed by atoms with Crippen LogP contribution in [0.3, 0.4) is 0 Å². The van der Waals surface area contributed by atoms with Crippen LogP contribution in [-0.2, 0) is 4.79 Å². The highest BCUT2D eigenvalue weighted by atomic mass is 79.9. The topological polar surface area (TPSA) is 46.2 Å². The van der Waals surface area contributed by atoms with E-state index in [-0.39, 0.29) is 16.3 Å². The summed E-state index contributed by atoms with van der Waals surface area (Å²) in [4.78, 5) is 22.1. The molecule has 72 valence electrons. The van der Waals surface area contributed by atoms with Crippen molar-refractivity contribution in [3.05, 3.63) is 26.9 Å². The summed E-state index contributed by atoms with van der Waals surface area (Å²) in [6, 6.07) is 1.29.